The van der Waals surface area contributed by atoms with E-state index >= 15 is 0 Å². The molecule has 0 saturated heterocycles. The van der Waals surface area contributed by atoms with E-state index in [2.05, 4.69) is 10.5 Å². The number of carbonyl (C=O) groups excluding carboxylic acids is 1. The molecule has 2 aromatic rings. The second-order valence-corrected chi connectivity index (χ2v) is 5.13. The van der Waals surface area contributed by atoms with Gasteiger partial charge in [-0.1, -0.05) is 30.7 Å². The molecule has 4 nitrogen and oxygen atoms in total. The molecule has 0 saturated carbocycles. The van der Waals surface area contributed by atoms with E-state index in [0.29, 0.717) is 22.9 Å². The van der Waals surface area contributed by atoms with E-state index in [0.717, 1.165) is 5.56 Å². The molecule has 2 aromatic carbocycles. The number of amides is 1. The smallest absolute Gasteiger partial charge is 0.277 e. The summed E-state index contributed by atoms with van der Waals surface area (Å²) in [6.07, 6.45) is 0.601. The molecule has 0 spiro atoms. The van der Waals surface area contributed by atoms with Gasteiger partial charge in [-0.15, -0.1) is 0 Å². The van der Waals surface area contributed by atoms with Crippen LogP contribution in [0.15, 0.2) is 53.6 Å². The quantitative estimate of drug-likeness (QED) is 0.645. The summed E-state index contributed by atoms with van der Waals surface area (Å²) < 4.78 is 18.2. The molecule has 0 aliphatic carbocycles. The molecular formula is C17H16ClFN2O2. The second-order valence-electron chi connectivity index (χ2n) is 4.70. The van der Waals surface area contributed by atoms with Gasteiger partial charge in [0.15, 0.2) is 6.61 Å². The van der Waals surface area contributed by atoms with E-state index in [9.17, 15) is 9.18 Å². The van der Waals surface area contributed by atoms with Crippen LogP contribution in [0.5, 0.6) is 5.75 Å². The lowest BCUT2D eigenvalue weighted by Crippen LogP contribution is -2.26. The van der Waals surface area contributed by atoms with E-state index in [1.807, 2.05) is 6.92 Å². The van der Waals surface area contributed by atoms with Crippen molar-refractivity contribution in [1.29, 1.82) is 0 Å². The molecule has 0 radical (unpaired) electrons. The fourth-order valence-corrected chi connectivity index (χ4v) is 1.96. The van der Waals surface area contributed by atoms with Crippen molar-refractivity contribution in [2.75, 3.05) is 6.61 Å². The average molecular weight is 335 g/mol. The summed E-state index contributed by atoms with van der Waals surface area (Å²) in [4.78, 5) is 11.8. The van der Waals surface area contributed by atoms with E-state index < -0.39 is 0 Å². The van der Waals surface area contributed by atoms with Gasteiger partial charge in [-0.05, 0) is 48.4 Å². The zero-order valence-corrected chi connectivity index (χ0v) is 13.3. The zero-order valence-electron chi connectivity index (χ0n) is 12.6. The number of hydrogen-bond donors (Lipinski definition) is 1. The molecule has 0 aliphatic rings. The van der Waals surface area contributed by atoms with Crippen LogP contribution >= 0.6 is 11.6 Å². The predicted octanol–water partition coefficient (Wildman–Crippen LogP) is 3.79. The summed E-state index contributed by atoms with van der Waals surface area (Å²) in [6.45, 7) is 1.74. The molecule has 0 aromatic heterocycles. The Labute approximate surface area is 138 Å². The lowest BCUT2D eigenvalue weighted by Gasteiger charge is -2.07. The van der Waals surface area contributed by atoms with Crippen LogP contribution in [0.2, 0.25) is 5.02 Å². The lowest BCUT2D eigenvalue weighted by molar-refractivity contribution is -0.123. The highest BCUT2D eigenvalue weighted by Gasteiger charge is 2.05. The van der Waals surface area contributed by atoms with E-state index in [-0.39, 0.29) is 18.3 Å². The topological polar surface area (TPSA) is 50.7 Å². The van der Waals surface area contributed by atoms with Gasteiger partial charge in [-0.2, -0.15) is 5.10 Å². The number of ether oxygens (including phenoxy) is 1. The summed E-state index contributed by atoms with van der Waals surface area (Å²) in [5, 5.41) is 4.66. The minimum Gasteiger partial charge on any atom is -0.484 e. The van der Waals surface area contributed by atoms with Crippen molar-refractivity contribution in [3.05, 3.63) is 64.9 Å². The lowest BCUT2D eigenvalue weighted by atomic mass is 10.1. The first-order chi connectivity index (χ1) is 11.1. The van der Waals surface area contributed by atoms with Gasteiger partial charge < -0.3 is 4.74 Å². The molecule has 0 fully saturated rings. The maximum Gasteiger partial charge on any atom is 0.277 e. The Balaban J connectivity index is 1.90. The molecule has 2 rings (SSSR count). The highest BCUT2D eigenvalue weighted by Crippen LogP contribution is 2.15. The number of hydrogen-bond acceptors (Lipinski definition) is 3. The van der Waals surface area contributed by atoms with Crippen molar-refractivity contribution in [3.63, 3.8) is 0 Å². The van der Waals surface area contributed by atoms with E-state index in [1.165, 1.54) is 12.1 Å². The summed E-state index contributed by atoms with van der Waals surface area (Å²) in [7, 11) is 0. The van der Waals surface area contributed by atoms with Crippen LogP contribution in [0.3, 0.4) is 0 Å². The van der Waals surface area contributed by atoms with Crippen molar-refractivity contribution in [2.45, 2.75) is 13.3 Å². The molecule has 6 heteroatoms. The van der Waals surface area contributed by atoms with Crippen molar-refractivity contribution in [2.24, 2.45) is 5.10 Å². The van der Waals surface area contributed by atoms with Crippen LogP contribution in [0.1, 0.15) is 18.9 Å². The number of rotatable bonds is 6. The normalized spacial score (nSPS) is 11.2. The fourth-order valence-electron chi connectivity index (χ4n) is 1.83. The summed E-state index contributed by atoms with van der Waals surface area (Å²) >= 11 is 5.77. The van der Waals surface area contributed by atoms with Gasteiger partial charge in [0.05, 0.1) is 5.71 Å². The number of nitrogens with zero attached hydrogens (tertiary/aromatic N) is 1. The fraction of sp³-hybridized carbons (Fsp3) is 0.176. The van der Waals surface area contributed by atoms with Crippen LogP contribution in [-0.2, 0) is 4.79 Å². The molecule has 0 atom stereocenters. The predicted molar refractivity (Wildman–Crippen MR) is 88.3 cm³/mol. The van der Waals surface area contributed by atoms with Gasteiger partial charge in [-0.25, -0.2) is 9.82 Å². The third kappa shape index (κ3) is 5.38. The maximum atomic E-state index is 12.9. The molecule has 0 bridgehead atoms. The number of nitrogens with one attached hydrogen (secondary N) is 1. The molecule has 120 valence electrons. The minimum atomic E-state index is -0.381. The number of carbonyl (C=O) groups is 1. The van der Waals surface area contributed by atoms with Crippen LogP contribution < -0.4 is 10.2 Å². The standard InChI is InChI=1S/C17H16ClFN2O2/c1-2-16(12-3-7-14(19)8-4-12)20-21-17(22)11-23-15-9-5-13(18)6-10-15/h3-10H,2,11H2,1H3,(H,21,22)/b20-16-. The Morgan fingerprint density at radius 1 is 1.17 bits per heavy atom. The van der Waals surface area contributed by atoms with Crippen LogP contribution in [0.25, 0.3) is 0 Å². The Kier molecular flexibility index (Phi) is 6.11. The van der Waals surface area contributed by atoms with Crippen LogP contribution in [0.4, 0.5) is 4.39 Å². The first-order valence-electron chi connectivity index (χ1n) is 7.08. The van der Waals surface area contributed by atoms with Gasteiger partial charge in [0.1, 0.15) is 11.6 Å². The molecule has 23 heavy (non-hydrogen) atoms. The number of halogens is 2. The van der Waals surface area contributed by atoms with Gasteiger partial charge in [-0.3, -0.25) is 4.79 Å². The third-order valence-electron chi connectivity index (χ3n) is 3.01. The maximum absolute atomic E-state index is 12.9. The molecule has 1 amide bonds. The number of hydrazone groups is 1. The minimum absolute atomic E-state index is 0.161. The summed E-state index contributed by atoms with van der Waals surface area (Å²) in [5.41, 5.74) is 3.85. The van der Waals surface area contributed by atoms with Gasteiger partial charge in [0.25, 0.3) is 5.91 Å². The molecule has 0 heterocycles. The monoisotopic (exact) mass is 334 g/mol. The highest BCUT2D eigenvalue weighted by atomic mass is 35.5. The van der Waals surface area contributed by atoms with Gasteiger partial charge >= 0.3 is 0 Å². The Bertz CT molecular complexity index is 685. The molecule has 0 aliphatic heterocycles. The van der Waals surface area contributed by atoms with Crippen molar-refractivity contribution in [1.82, 2.24) is 5.43 Å². The van der Waals surface area contributed by atoms with Crippen LogP contribution in [-0.4, -0.2) is 18.2 Å². The summed E-state index contributed by atoms with van der Waals surface area (Å²) in [5.74, 6) is -0.152. The molecular weight excluding hydrogens is 319 g/mol. The summed E-state index contributed by atoms with van der Waals surface area (Å²) in [6, 6.07) is 12.6. The third-order valence-corrected chi connectivity index (χ3v) is 3.26. The zero-order chi connectivity index (χ0) is 16.7. The highest BCUT2D eigenvalue weighted by molar-refractivity contribution is 6.30. The largest absolute Gasteiger partial charge is 0.484 e. The Morgan fingerprint density at radius 3 is 2.43 bits per heavy atom. The number of benzene rings is 2. The SMILES string of the molecule is CC/C(=N/NC(=O)COc1ccc(Cl)cc1)c1ccc(F)cc1. The Morgan fingerprint density at radius 2 is 1.83 bits per heavy atom. The van der Waals surface area contributed by atoms with Gasteiger partial charge in [0, 0.05) is 5.02 Å². The first-order valence-corrected chi connectivity index (χ1v) is 7.46. The Hall–Kier alpha value is -2.40. The van der Waals surface area contributed by atoms with Crippen LogP contribution in [0, 0.1) is 5.82 Å². The van der Waals surface area contributed by atoms with E-state index in [1.54, 1.807) is 36.4 Å². The molecule has 1 N–H and O–H groups in total. The van der Waals surface area contributed by atoms with Crippen molar-refractivity contribution >= 4 is 23.2 Å². The first kappa shape index (κ1) is 17.0. The molecule has 0 unspecified atom stereocenters. The van der Waals surface area contributed by atoms with Gasteiger partial charge in [0.2, 0.25) is 0 Å². The average Bonchev–Trinajstić information content (AvgIpc) is 2.56. The van der Waals surface area contributed by atoms with Crippen molar-refractivity contribution < 1.29 is 13.9 Å². The van der Waals surface area contributed by atoms with Crippen molar-refractivity contribution in [3.8, 4) is 5.75 Å². The second kappa shape index (κ2) is 8.29. The van der Waals surface area contributed by atoms with E-state index in [4.69, 9.17) is 16.3 Å².